The molecule has 1 rings (SSSR count). The van der Waals surface area contributed by atoms with Gasteiger partial charge in [0.1, 0.15) is 0 Å². The van der Waals surface area contributed by atoms with Gasteiger partial charge >= 0.3 is 7.82 Å². The van der Waals surface area contributed by atoms with Crippen molar-refractivity contribution in [1.82, 2.24) is 0 Å². The molecule has 0 radical (unpaired) electrons. The molecule has 0 amide bonds. The lowest BCUT2D eigenvalue weighted by atomic mass is 10.00. The molecule has 84 valence electrons. The van der Waals surface area contributed by atoms with Crippen molar-refractivity contribution in [3.8, 4) is 0 Å². The predicted octanol–water partition coefficient (Wildman–Crippen LogP) is 2.17. The maximum Gasteiger partial charge on any atom is 0.469 e. The van der Waals surface area contributed by atoms with Gasteiger partial charge in [-0.1, -0.05) is 20.3 Å². The molecule has 1 saturated carbocycles. The number of hydrogen-bond donors (Lipinski definition) is 2. The Balaban J connectivity index is 2.35. The smallest absolute Gasteiger partial charge is 0.303 e. The summed E-state index contributed by atoms with van der Waals surface area (Å²) in [5, 5.41) is 0. The van der Waals surface area contributed by atoms with Gasteiger partial charge in [-0.25, -0.2) is 4.57 Å². The number of phosphoric ester groups is 1. The zero-order valence-corrected chi connectivity index (χ0v) is 9.61. The van der Waals surface area contributed by atoms with Crippen LogP contribution in [-0.2, 0) is 9.09 Å². The number of phosphoric acid groups is 1. The summed E-state index contributed by atoms with van der Waals surface area (Å²) < 4.78 is 15.1. The van der Waals surface area contributed by atoms with Gasteiger partial charge in [-0.3, -0.25) is 4.52 Å². The van der Waals surface area contributed by atoms with Gasteiger partial charge in [-0.2, -0.15) is 0 Å². The second kappa shape index (κ2) is 4.75. The van der Waals surface area contributed by atoms with Crippen LogP contribution >= 0.6 is 7.82 Å². The predicted molar refractivity (Wildman–Crippen MR) is 53.7 cm³/mol. The molecule has 0 aromatic carbocycles. The number of hydrogen-bond acceptors (Lipinski definition) is 2. The van der Waals surface area contributed by atoms with Crippen molar-refractivity contribution < 1.29 is 18.9 Å². The van der Waals surface area contributed by atoms with Gasteiger partial charge in [0, 0.05) is 0 Å². The zero-order chi connectivity index (χ0) is 10.8. The summed E-state index contributed by atoms with van der Waals surface area (Å²) in [6.07, 6.45) is 3.35. The van der Waals surface area contributed by atoms with Crippen molar-refractivity contribution in [2.45, 2.75) is 33.1 Å². The van der Waals surface area contributed by atoms with E-state index in [-0.39, 0.29) is 6.61 Å². The lowest BCUT2D eigenvalue weighted by molar-refractivity contribution is 0.154. The van der Waals surface area contributed by atoms with E-state index in [2.05, 4.69) is 18.4 Å². The molecule has 0 saturated heterocycles. The summed E-state index contributed by atoms with van der Waals surface area (Å²) in [6.45, 7) is 4.48. The van der Waals surface area contributed by atoms with Crippen LogP contribution in [0.25, 0.3) is 0 Å². The fraction of sp³-hybridized carbons (Fsp3) is 1.00. The molecule has 3 atom stereocenters. The van der Waals surface area contributed by atoms with Gasteiger partial charge in [0.25, 0.3) is 0 Å². The molecule has 0 aliphatic heterocycles. The minimum absolute atomic E-state index is 0.196. The Morgan fingerprint density at radius 2 is 2.07 bits per heavy atom. The minimum Gasteiger partial charge on any atom is -0.303 e. The van der Waals surface area contributed by atoms with Crippen molar-refractivity contribution >= 4 is 7.82 Å². The van der Waals surface area contributed by atoms with E-state index < -0.39 is 7.82 Å². The molecular weight excluding hydrogens is 203 g/mol. The lowest BCUT2D eigenvalue weighted by Crippen LogP contribution is -2.11. The van der Waals surface area contributed by atoms with Crippen molar-refractivity contribution in [3.63, 3.8) is 0 Å². The first kappa shape index (κ1) is 12.2. The first-order valence-electron chi connectivity index (χ1n) is 5.12. The summed E-state index contributed by atoms with van der Waals surface area (Å²) in [7, 11) is -4.27. The maximum atomic E-state index is 10.5. The Hall–Kier alpha value is 0.110. The van der Waals surface area contributed by atoms with Gasteiger partial charge in [-0.15, -0.1) is 0 Å². The van der Waals surface area contributed by atoms with Gasteiger partial charge in [0.15, 0.2) is 0 Å². The Kier molecular flexibility index (Phi) is 4.14. The molecule has 1 aliphatic carbocycles. The van der Waals surface area contributed by atoms with E-state index in [1.54, 1.807) is 0 Å². The lowest BCUT2D eigenvalue weighted by Gasteiger charge is -2.15. The summed E-state index contributed by atoms with van der Waals surface area (Å²) in [5.41, 5.74) is 0. The van der Waals surface area contributed by atoms with Crippen LogP contribution in [0.1, 0.15) is 33.1 Å². The Bertz CT molecular complexity index is 225. The monoisotopic (exact) mass is 222 g/mol. The molecule has 0 aromatic rings. The third-order valence-electron chi connectivity index (χ3n) is 3.18. The van der Waals surface area contributed by atoms with E-state index >= 15 is 0 Å². The highest BCUT2D eigenvalue weighted by atomic mass is 31.2. The molecule has 2 N–H and O–H groups in total. The van der Waals surface area contributed by atoms with Crippen LogP contribution < -0.4 is 0 Å². The quantitative estimate of drug-likeness (QED) is 0.715. The maximum absolute atomic E-state index is 10.5. The third kappa shape index (κ3) is 3.70. The second-order valence-electron chi connectivity index (χ2n) is 4.27. The second-order valence-corrected chi connectivity index (χ2v) is 5.51. The van der Waals surface area contributed by atoms with Crippen molar-refractivity contribution in [2.24, 2.45) is 17.8 Å². The summed E-state index contributed by atoms with van der Waals surface area (Å²) >= 11 is 0. The van der Waals surface area contributed by atoms with Crippen molar-refractivity contribution in [2.75, 3.05) is 6.61 Å². The molecule has 1 aliphatic rings. The molecule has 0 spiro atoms. The van der Waals surface area contributed by atoms with Crippen LogP contribution in [0.5, 0.6) is 0 Å². The molecule has 4 nitrogen and oxygen atoms in total. The van der Waals surface area contributed by atoms with Gasteiger partial charge < -0.3 is 9.79 Å². The van der Waals surface area contributed by atoms with Crippen LogP contribution in [0, 0.1) is 17.8 Å². The van der Waals surface area contributed by atoms with Crippen LogP contribution in [-0.4, -0.2) is 16.4 Å². The Morgan fingerprint density at radius 3 is 2.50 bits per heavy atom. The van der Waals surface area contributed by atoms with Gasteiger partial charge in [-0.05, 0) is 30.6 Å². The highest BCUT2D eigenvalue weighted by molar-refractivity contribution is 7.46. The highest BCUT2D eigenvalue weighted by Gasteiger charge is 2.31. The number of rotatable bonds is 4. The molecule has 3 unspecified atom stereocenters. The van der Waals surface area contributed by atoms with E-state index in [4.69, 9.17) is 9.79 Å². The average Bonchev–Trinajstić information content (AvgIpc) is 2.42. The molecule has 14 heavy (non-hydrogen) atoms. The fourth-order valence-corrected chi connectivity index (χ4v) is 2.62. The Labute approximate surface area is 84.9 Å². The fourth-order valence-electron chi connectivity index (χ4n) is 2.23. The van der Waals surface area contributed by atoms with E-state index in [1.165, 1.54) is 0 Å². The molecule has 5 heteroatoms. The molecule has 0 heterocycles. The average molecular weight is 222 g/mol. The largest absolute Gasteiger partial charge is 0.469 e. The summed E-state index contributed by atoms with van der Waals surface area (Å²) in [6, 6.07) is 0. The van der Waals surface area contributed by atoms with E-state index in [0.29, 0.717) is 17.8 Å². The summed E-state index contributed by atoms with van der Waals surface area (Å²) in [5.74, 6) is 1.54. The van der Waals surface area contributed by atoms with Gasteiger partial charge in [0.05, 0.1) is 6.61 Å². The first-order valence-corrected chi connectivity index (χ1v) is 6.65. The molecular formula is C9H19O4P. The molecule has 0 aromatic heterocycles. The summed E-state index contributed by atoms with van der Waals surface area (Å²) in [4.78, 5) is 17.2. The van der Waals surface area contributed by atoms with E-state index in [1.807, 2.05) is 0 Å². The van der Waals surface area contributed by atoms with E-state index in [0.717, 1.165) is 19.3 Å². The van der Waals surface area contributed by atoms with E-state index in [9.17, 15) is 4.57 Å². The Morgan fingerprint density at radius 1 is 1.43 bits per heavy atom. The van der Waals surface area contributed by atoms with Gasteiger partial charge in [0.2, 0.25) is 0 Å². The zero-order valence-electron chi connectivity index (χ0n) is 8.72. The SMILES string of the molecule is CCC1CC(C)C(COP(=O)(O)O)C1. The molecule has 1 fully saturated rings. The first-order chi connectivity index (χ1) is 6.42. The van der Waals surface area contributed by atoms with Crippen LogP contribution in [0.4, 0.5) is 0 Å². The third-order valence-corrected chi connectivity index (χ3v) is 3.67. The van der Waals surface area contributed by atoms with Crippen molar-refractivity contribution in [1.29, 1.82) is 0 Å². The van der Waals surface area contributed by atoms with Crippen molar-refractivity contribution in [3.05, 3.63) is 0 Å². The van der Waals surface area contributed by atoms with Crippen LogP contribution in [0.15, 0.2) is 0 Å². The van der Waals surface area contributed by atoms with Crippen LogP contribution in [0.3, 0.4) is 0 Å². The normalized spacial score (nSPS) is 33.6. The molecule has 0 bridgehead atoms. The topological polar surface area (TPSA) is 66.8 Å². The highest BCUT2D eigenvalue weighted by Crippen LogP contribution is 2.42. The minimum atomic E-state index is -4.27. The standard InChI is InChI=1S/C9H19O4P/c1-3-8-4-7(2)9(5-8)6-13-14(10,11)12/h7-9H,3-6H2,1-2H3,(H2,10,11,12). The van der Waals surface area contributed by atoms with Crippen LogP contribution in [0.2, 0.25) is 0 Å².